The first-order chi connectivity index (χ1) is 6.07. The number of halogens is 4. The van der Waals surface area contributed by atoms with E-state index < -0.39 is 29.3 Å². The zero-order valence-corrected chi connectivity index (χ0v) is 6.06. The number of rotatable bonds is 1. The molecule has 0 N–H and O–H groups in total. The molecule has 1 heterocycles. The Bertz CT molecular complexity index is 369. The van der Waals surface area contributed by atoms with E-state index in [4.69, 9.17) is 5.26 Å². The highest BCUT2D eigenvalue weighted by Crippen LogP contribution is 2.25. The Balaban J connectivity index is 3.46. The zero-order valence-electron chi connectivity index (χ0n) is 6.06. The molecule has 0 aliphatic rings. The molecule has 68 valence electrons. The Hall–Kier alpha value is -1.64. The lowest BCUT2D eigenvalue weighted by Crippen LogP contribution is -2.01. The van der Waals surface area contributed by atoms with Crippen LogP contribution in [0.4, 0.5) is 17.6 Å². The van der Waals surface area contributed by atoms with Gasteiger partial charge in [-0.1, -0.05) is 0 Å². The molecule has 2 nitrogen and oxygen atoms in total. The second-order valence-corrected chi connectivity index (χ2v) is 2.10. The molecule has 0 radical (unpaired) electrons. The maximum atomic E-state index is 12.6. The van der Waals surface area contributed by atoms with Gasteiger partial charge in [0.25, 0.3) is 6.43 Å². The van der Waals surface area contributed by atoms with Crippen molar-refractivity contribution in [2.24, 2.45) is 0 Å². The maximum Gasteiger partial charge on any atom is 0.268 e. The van der Waals surface area contributed by atoms with Crippen molar-refractivity contribution >= 4 is 0 Å². The van der Waals surface area contributed by atoms with Crippen molar-refractivity contribution in [1.82, 2.24) is 4.98 Å². The van der Waals surface area contributed by atoms with E-state index in [1.54, 1.807) is 0 Å². The fourth-order valence-electron chi connectivity index (χ4n) is 0.798. The van der Waals surface area contributed by atoms with E-state index in [0.29, 0.717) is 6.20 Å². The van der Waals surface area contributed by atoms with Gasteiger partial charge in [-0.3, -0.25) is 0 Å². The van der Waals surface area contributed by atoms with Crippen LogP contribution in [0.2, 0.25) is 0 Å². The van der Waals surface area contributed by atoms with Crippen molar-refractivity contribution < 1.29 is 17.6 Å². The molecular weight excluding hydrogens is 188 g/mol. The van der Waals surface area contributed by atoms with Crippen LogP contribution in [0.3, 0.4) is 0 Å². The minimum absolute atomic E-state index is 0.317. The summed E-state index contributed by atoms with van der Waals surface area (Å²) in [7, 11) is 0. The minimum Gasteiger partial charge on any atom is -0.224 e. The van der Waals surface area contributed by atoms with Gasteiger partial charge in [0.1, 0.15) is 11.6 Å². The molecule has 0 saturated carbocycles. The van der Waals surface area contributed by atoms with Crippen molar-refractivity contribution in [2.75, 3.05) is 0 Å². The van der Waals surface area contributed by atoms with Crippen LogP contribution in [0.1, 0.15) is 17.6 Å². The second-order valence-electron chi connectivity index (χ2n) is 2.10. The fraction of sp³-hybridized carbons (Fsp3) is 0.143. The quantitative estimate of drug-likeness (QED) is 0.502. The largest absolute Gasteiger partial charge is 0.268 e. The average Bonchev–Trinajstić information content (AvgIpc) is 2.07. The molecule has 6 heteroatoms. The lowest BCUT2D eigenvalue weighted by molar-refractivity contribution is 0.145. The maximum absolute atomic E-state index is 12.6. The third kappa shape index (κ3) is 1.59. The van der Waals surface area contributed by atoms with Crippen molar-refractivity contribution in [1.29, 1.82) is 5.26 Å². The first kappa shape index (κ1) is 9.45. The number of pyridine rings is 1. The Labute approximate surface area is 70.4 Å². The summed E-state index contributed by atoms with van der Waals surface area (Å²) in [5.41, 5.74) is -2.29. The summed E-state index contributed by atoms with van der Waals surface area (Å²) in [6.45, 7) is 0. The molecule has 0 aromatic carbocycles. The van der Waals surface area contributed by atoms with Gasteiger partial charge >= 0.3 is 0 Å². The van der Waals surface area contributed by atoms with Gasteiger partial charge in [-0.05, 0) is 0 Å². The molecule has 1 aromatic rings. The van der Waals surface area contributed by atoms with Gasteiger partial charge in [0.05, 0.1) is 11.8 Å². The topological polar surface area (TPSA) is 36.7 Å². The first-order valence-corrected chi connectivity index (χ1v) is 3.10. The smallest absolute Gasteiger partial charge is 0.224 e. The van der Waals surface area contributed by atoms with Crippen LogP contribution in [0, 0.1) is 23.1 Å². The van der Waals surface area contributed by atoms with Crippen LogP contribution in [0.5, 0.6) is 0 Å². The van der Waals surface area contributed by atoms with E-state index in [1.807, 2.05) is 0 Å². The lowest BCUT2D eigenvalue weighted by atomic mass is 10.1. The Morgan fingerprint density at radius 1 is 1.38 bits per heavy atom. The molecule has 0 bridgehead atoms. The lowest BCUT2D eigenvalue weighted by Gasteiger charge is -2.03. The Morgan fingerprint density at radius 3 is 2.38 bits per heavy atom. The molecule has 0 saturated heterocycles. The summed E-state index contributed by atoms with van der Waals surface area (Å²) in [6, 6.07) is 1.13. The van der Waals surface area contributed by atoms with Crippen LogP contribution in [0.25, 0.3) is 0 Å². The number of aromatic nitrogens is 1. The molecule has 0 aliphatic heterocycles. The second kappa shape index (κ2) is 3.39. The Morgan fingerprint density at radius 2 is 2.00 bits per heavy atom. The van der Waals surface area contributed by atoms with Gasteiger partial charge in [-0.2, -0.15) is 9.65 Å². The van der Waals surface area contributed by atoms with Crippen LogP contribution >= 0.6 is 0 Å². The summed E-state index contributed by atoms with van der Waals surface area (Å²) in [5, 5.41) is 8.24. The number of hydrogen-bond donors (Lipinski definition) is 0. The fourth-order valence-corrected chi connectivity index (χ4v) is 0.798. The molecule has 1 aromatic heterocycles. The van der Waals surface area contributed by atoms with E-state index in [-0.39, 0.29) is 0 Å². The van der Waals surface area contributed by atoms with Crippen molar-refractivity contribution in [2.45, 2.75) is 6.43 Å². The molecule has 1 rings (SSSR count). The number of nitriles is 1. The van der Waals surface area contributed by atoms with Gasteiger partial charge in [-0.15, -0.1) is 0 Å². The van der Waals surface area contributed by atoms with Gasteiger partial charge in [0.15, 0.2) is 5.82 Å². The highest BCUT2D eigenvalue weighted by Gasteiger charge is 2.22. The monoisotopic (exact) mass is 190 g/mol. The SMILES string of the molecule is N#Cc1c(F)ncc(F)c1C(F)F. The molecule has 0 aliphatic carbocycles. The van der Waals surface area contributed by atoms with E-state index in [0.717, 1.165) is 6.07 Å². The molecule has 13 heavy (non-hydrogen) atoms. The van der Waals surface area contributed by atoms with E-state index in [2.05, 4.69) is 4.98 Å². The standard InChI is InChI=1S/C7H2F4N2/c8-4-2-13-7(11)3(1-12)5(4)6(9)10/h2,6H. The summed E-state index contributed by atoms with van der Waals surface area (Å²) in [6.07, 6.45) is -2.91. The van der Waals surface area contributed by atoms with Crippen molar-refractivity contribution in [3.63, 3.8) is 0 Å². The summed E-state index contributed by atoms with van der Waals surface area (Å²) < 4.78 is 49.3. The minimum atomic E-state index is -3.23. The van der Waals surface area contributed by atoms with E-state index in [1.165, 1.54) is 0 Å². The van der Waals surface area contributed by atoms with Gasteiger partial charge in [0.2, 0.25) is 5.95 Å². The van der Waals surface area contributed by atoms with Gasteiger partial charge in [0, 0.05) is 0 Å². The summed E-state index contributed by atoms with van der Waals surface area (Å²) >= 11 is 0. The van der Waals surface area contributed by atoms with Gasteiger partial charge in [-0.25, -0.2) is 18.2 Å². The van der Waals surface area contributed by atoms with Crippen LogP contribution < -0.4 is 0 Å². The molecule has 0 atom stereocenters. The Kier molecular flexibility index (Phi) is 2.46. The van der Waals surface area contributed by atoms with Crippen LogP contribution in [-0.4, -0.2) is 4.98 Å². The third-order valence-electron chi connectivity index (χ3n) is 1.35. The van der Waals surface area contributed by atoms with Crippen molar-refractivity contribution in [3.8, 4) is 6.07 Å². The zero-order chi connectivity index (χ0) is 10.0. The average molecular weight is 190 g/mol. The van der Waals surface area contributed by atoms with E-state index >= 15 is 0 Å². The predicted octanol–water partition coefficient (Wildman–Crippen LogP) is 2.17. The van der Waals surface area contributed by atoms with Crippen LogP contribution in [0.15, 0.2) is 6.20 Å². The molecule has 0 spiro atoms. The first-order valence-electron chi connectivity index (χ1n) is 3.10. The number of alkyl halides is 2. The summed E-state index contributed by atoms with van der Waals surface area (Å²) in [4.78, 5) is 2.80. The predicted molar refractivity (Wildman–Crippen MR) is 33.8 cm³/mol. The van der Waals surface area contributed by atoms with Crippen LogP contribution in [-0.2, 0) is 0 Å². The highest BCUT2D eigenvalue weighted by atomic mass is 19.3. The van der Waals surface area contributed by atoms with Crippen molar-refractivity contribution in [3.05, 3.63) is 29.1 Å². The molecular formula is C7H2F4N2. The molecule has 0 fully saturated rings. The number of hydrogen-bond acceptors (Lipinski definition) is 2. The normalized spacial score (nSPS) is 10.2. The summed E-state index contributed by atoms with van der Waals surface area (Å²) in [5.74, 6) is -2.77. The molecule has 0 amide bonds. The third-order valence-corrected chi connectivity index (χ3v) is 1.35. The molecule has 0 unspecified atom stereocenters. The van der Waals surface area contributed by atoms with E-state index in [9.17, 15) is 17.6 Å². The number of nitrogens with zero attached hydrogens (tertiary/aromatic N) is 2. The highest BCUT2D eigenvalue weighted by molar-refractivity contribution is 5.37. The van der Waals surface area contributed by atoms with Gasteiger partial charge < -0.3 is 0 Å².